The van der Waals surface area contributed by atoms with Gasteiger partial charge >= 0.3 is 6.01 Å². The Balaban J connectivity index is 1.44. The van der Waals surface area contributed by atoms with Gasteiger partial charge in [-0.15, -0.1) is 0 Å². The van der Waals surface area contributed by atoms with Gasteiger partial charge in [-0.2, -0.15) is 20.1 Å². The van der Waals surface area contributed by atoms with E-state index in [0.717, 1.165) is 32.8 Å². The summed E-state index contributed by atoms with van der Waals surface area (Å²) < 4.78 is 16.7. The molecule has 2 aliphatic heterocycles. The molecule has 2 aliphatic rings. The predicted octanol–water partition coefficient (Wildman–Crippen LogP) is -0.0359. The number of amides is 1. The molecule has 0 bridgehead atoms. The minimum absolute atomic E-state index is 0.247. The highest BCUT2D eigenvalue weighted by Crippen LogP contribution is 2.14. The molecule has 12 nitrogen and oxygen atoms in total. The summed E-state index contributed by atoms with van der Waals surface area (Å²) in [7, 11) is 0. The van der Waals surface area contributed by atoms with Crippen molar-refractivity contribution in [1.82, 2.24) is 19.9 Å². The van der Waals surface area contributed by atoms with Gasteiger partial charge in [-0.3, -0.25) is 15.1 Å². The van der Waals surface area contributed by atoms with E-state index in [1.54, 1.807) is 24.3 Å². The number of anilines is 2. The Morgan fingerprint density at radius 1 is 1.12 bits per heavy atom. The van der Waals surface area contributed by atoms with Crippen LogP contribution in [0.4, 0.5) is 11.6 Å². The van der Waals surface area contributed by atoms with Crippen LogP contribution < -0.4 is 20.8 Å². The number of nitrogens with zero attached hydrogens (tertiary/aromatic N) is 6. The van der Waals surface area contributed by atoms with Gasteiger partial charge in [-0.05, 0) is 18.2 Å². The molecule has 0 radical (unpaired) electrons. The maximum atomic E-state index is 11.4. The number of morpholine rings is 2. The number of hydrazone groups is 1. The number of hydrogen-bond acceptors (Lipinski definition) is 11. The van der Waals surface area contributed by atoms with E-state index in [4.69, 9.17) is 19.9 Å². The van der Waals surface area contributed by atoms with E-state index in [9.17, 15) is 4.79 Å². The molecular weight excluding hydrogens is 428 g/mol. The zero-order valence-corrected chi connectivity index (χ0v) is 18.4. The Morgan fingerprint density at radius 2 is 1.88 bits per heavy atom. The predicted molar refractivity (Wildman–Crippen MR) is 122 cm³/mol. The summed E-state index contributed by atoms with van der Waals surface area (Å²) in [5, 5.41) is 4.19. The van der Waals surface area contributed by atoms with E-state index in [0.29, 0.717) is 55.9 Å². The molecular formula is C21H28N8O4. The first-order chi connectivity index (χ1) is 16.2. The number of benzene rings is 1. The highest BCUT2D eigenvalue weighted by atomic mass is 16.5. The first kappa shape index (κ1) is 22.8. The van der Waals surface area contributed by atoms with Crippen LogP contribution in [0, 0.1) is 0 Å². The van der Waals surface area contributed by atoms with E-state index in [1.165, 1.54) is 6.21 Å². The number of aromatic nitrogens is 3. The quantitative estimate of drug-likeness (QED) is 0.390. The summed E-state index contributed by atoms with van der Waals surface area (Å²) in [5.41, 5.74) is 9.19. The summed E-state index contributed by atoms with van der Waals surface area (Å²) in [5.74, 6) is 0.368. The highest BCUT2D eigenvalue weighted by Gasteiger charge is 2.17. The molecule has 1 amide bonds. The number of hydrogen-bond donors (Lipinski definition) is 2. The Kier molecular flexibility index (Phi) is 7.95. The van der Waals surface area contributed by atoms with Crippen molar-refractivity contribution in [2.24, 2.45) is 10.8 Å². The van der Waals surface area contributed by atoms with Crippen LogP contribution in [0.1, 0.15) is 16.2 Å². The molecule has 3 N–H and O–H groups in total. The normalized spacial score (nSPS) is 17.3. The second kappa shape index (κ2) is 11.5. The van der Waals surface area contributed by atoms with Gasteiger partial charge in [-0.25, -0.2) is 0 Å². The number of carbonyl (C=O) groups is 1. The fourth-order valence-electron chi connectivity index (χ4n) is 3.39. The number of nitrogens with one attached hydrogen (secondary N) is 1. The molecule has 4 rings (SSSR count). The number of ether oxygens (including phenoxy) is 3. The lowest BCUT2D eigenvalue weighted by atomic mass is 10.2. The van der Waals surface area contributed by atoms with Crippen molar-refractivity contribution < 1.29 is 19.0 Å². The van der Waals surface area contributed by atoms with Crippen LogP contribution in [-0.4, -0.2) is 97.7 Å². The van der Waals surface area contributed by atoms with Crippen molar-refractivity contribution in [3.05, 3.63) is 35.7 Å². The topological polar surface area (TPSA) is 140 Å². The monoisotopic (exact) mass is 456 g/mol. The van der Waals surface area contributed by atoms with E-state index < -0.39 is 5.91 Å². The highest BCUT2D eigenvalue weighted by molar-refractivity contribution is 5.93. The van der Waals surface area contributed by atoms with Gasteiger partial charge in [0, 0.05) is 38.3 Å². The summed E-state index contributed by atoms with van der Waals surface area (Å²) in [6.07, 6.45) is 1.48. The lowest BCUT2D eigenvalue weighted by Crippen LogP contribution is -2.39. The molecule has 0 spiro atoms. The van der Waals surface area contributed by atoms with E-state index in [2.05, 4.69) is 30.4 Å². The van der Waals surface area contributed by atoms with Crippen molar-refractivity contribution in [2.75, 3.05) is 76.1 Å². The molecule has 1 aromatic carbocycles. The molecule has 2 aromatic rings. The molecule has 176 valence electrons. The molecule has 0 unspecified atom stereocenters. The van der Waals surface area contributed by atoms with Gasteiger partial charge in [0.2, 0.25) is 11.9 Å². The molecule has 33 heavy (non-hydrogen) atoms. The van der Waals surface area contributed by atoms with Crippen LogP contribution in [0.2, 0.25) is 0 Å². The van der Waals surface area contributed by atoms with Crippen molar-refractivity contribution in [2.45, 2.75) is 0 Å². The molecule has 2 saturated heterocycles. The van der Waals surface area contributed by atoms with Gasteiger partial charge in [0.15, 0.2) is 5.82 Å². The number of rotatable bonds is 9. The Bertz CT molecular complexity index is 961. The zero-order valence-electron chi connectivity index (χ0n) is 18.4. The fraction of sp³-hybridized carbons (Fsp3) is 0.476. The first-order valence-corrected chi connectivity index (χ1v) is 10.9. The third kappa shape index (κ3) is 6.81. The average molecular weight is 457 g/mol. The number of carbonyl (C=O) groups excluding carboxylic acids is 1. The maximum Gasteiger partial charge on any atom is 0.321 e. The standard InChI is InChI=1S/C21H28N8O4/c22-19(30)16-2-1-3-17(14-16)27-23-15-18-24-20(29-7-11-32-12-8-29)26-21(25-18)33-13-6-28-4-9-31-10-5-28/h1-3,14-15,27H,4-13H2,(H2,22,30). The number of nitrogens with two attached hydrogens (primary N) is 1. The summed E-state index contributed by atoms with van der Waals surface area (Å²) in [4.78, 5) is 29.0. The Labute approximate surface area is 191 Å². The van der Waals surface area contributed by atoms with Crippen LogP contribution in [0.15, 0.2) is 29.4 Å². The molecule has 2 fully saturated rings. The third-order valence-electron chi connectivity index (χ3n) is 5.18. The second-order valence-corrected chi connectivity index (χ2v) is 7.49. The molecule has 0 saturated carbocycles. The van der Waals surface area contributed by atoms with Crippen LogP contribution >= 0.6 is 0 Å². The lowest BCUT2D eigenvalue weighted by molar-refractivity contribution is 0.0317. The smallest absolute Gasteiger partial charge is 0.321 e. The number of primary amides is 1. The molecule has 1 aromatic heterocycles. The SMILES string of the molecule is NC(=O)c1cccc(NN=Cc2nc(OCCN3CCOCC3)nc(N3CCOCC3)n2)c1. The Morgan fingerprint density at radius 3 is 2.64 bits per heavy atom. The summed E-state index contributed by atoms with van der Waals surface area (Å²) in [6.45, 7) is 7.08. The summed E-state index contributed by atoms with van der Waals surface area (Å²) >= 11 is 0. The van der Waals surface area contributed by atoms with Crippen molar-refractivity contribution in [3.63, 3.8) is 0 Å². The Hall–Kier alpha value is -3.35. The van der Waals surface area contributed by atoms with Crippen LogP contribution in [0.5, 0.6) is 6.01 Å². The minimum Gasteiger partial charge on any atom is -0.462 e. The van der Waals surface area contributed by atoms with E-state index in [-0.39, 0.29) is 6.01 Å². The van der Waals surface area contributed by atoms with Crippen molar-refractivity contribution in [1.29, 1.82) is 0 Å². The van der Waals surface area contributed by atoms with Crippen molar-refractivity contribution >= 4 is 23.8 Å². The largest absolute Gasteiger partial charge is 0.462 e. The molecule has 0 aliphatic carbocycles. The fourth-order valence-corrected chi connectivity index (χ4v) is 3.39. The third-order valence-corrected chi connectivity index (χ3v) is 5.18. The van der Waals surface area contributed by atoms with Gasteiger partial charge in [0.25, 0.3) is 0 Å². The van der Waals surface area contributed by atoms with Gasteiger partial charge < -0.3 is 24.8 Å². The van der Waals surface area contributed by atoms with Crippen LogP contribution in [-0.2, 0) is 9.47 Å². The van der Waals surface area contributed by atoms with Gasteiger partial charge in [0.05, 0.1) is 38.3 Å². The zero-order chi connectivity index (χ0) is 22.9. The average Bonchev–Trinajstić information content (AvgIpc) is 2.85. The molecule has 0 atom stereocenters. The van der Waals surface area contributed by atoms with Crippen molar-refractivity contribution in [3.8, 4) is 6.01 Å². The van der Waals surface area contributed by atoms with E-state index >= 15 is 0 Å². The van der Waals surface area contributed by atoms with E-state index in [1.807, 2.05) is 4.90 Å². The molecule has 3 heterocycles. The minimum atomic E-state index is -0.505. The van der Waals surface area contributed by atoms with Gasteiger partial charge in [0.1, 0.15) is 6.61 Å². The first-order valence-electron chi connectivity index (χ1n) is 10.9. The molecule has 12 heteroatoms. The van der Waals surface area contributed by atoms with Gasteiger partial charge in [-0.1, -0.05) is 6.07 Å². The lowest BCUT2D eigenvalue weighted by Gasteiger charge is -2.27. The van der Waals surface area contributed by atoms with Crippen LogP contribution in [0.25, 0.3) is 0 Å². The van der Waals surface area contributed by atoms with Crippen LogP contribution in [0.3, 0.4) is 0 Å². The second-order valence-electron chi connectivity index (χ2n) is 7.49. The maximum absolute atomic E-state index is 11.4. The summed E-state index contributed by atoms with van der Waals surface area (Å²) in [6, 6.07) is 7.00.